The molecule has 0 bridgehead atoms. The van der Waals surface area contributed by atoms with E-state index in [1.807, 2.05) is 6.26 Å². The third kappa shape index (κ3) is 5.56. The van der Waals surface area contributed by atoms with Crippen LogP contribution in [-0.2, 0) is 4.79 Å². The van der Waals surface area contributed by atoms with Crippen LogP contribution in [0.25, 0.3) is 0 Å². The molecule has 0 aliphatic carbocycles. The first kappa shape index (κ1) is 16.5. The van der Waals surface area contributed by atoms with Gasteiger partial charge in [0.2, 0.25) is 0 Å². The van der Waals surface area contributed by atoms with Gasteiger partial charge in [-0.3, -0.25) is 4.79 Å². The number of amides is 1. The normalized spacial score (nSPS) is 12.6. The second-order valence-corrected chi connectivity index (χ2v) is 4.37. The fourth-order valence-corrected chi connectivity index (χ4v) is 1.48. The molecule has 1 N–H and O–H groups in total. The fraction of sp³-hybridized carbons (Fsp3) is 0.889. The molecule has 102 valence electrons. The molecule has 0 spiro atoms. The van der Waals surface area contributed by atoms with Crippen molar-refractivity contribution in [1.82, 2.24) is 5.32 Å². The fourth-order valence-electron chi connectivity index (χ4n) is 0.990. The maximum atomic E-state index is 12.4. The predicted molar refractivity (Wildman–Crippen MR) is 56.2 cm³/mol. The highest BCUT2D eigenvalue weighted by molar-refractivity contribution is 7.98. The summed E-state index contributed by atoms with van der Waals surface area (Å²) in [6, 6.07) is 0. The quantitative estimate of drug-likeness (QED) is 0.573. The number of hydrogen-bond donors (Lipinski definition) is 1. The summed E-state index contributed by atoms with van der Waals surface area (Å²) in [6.07, 6.45) is -2.02. The van der Waals surface area contributed by atoms with E-state index < -0.39 is 18.0 Å². The number of rotatable bonds is 7. The largest absolute Gasteiger partial charge is 0.463 e. The Balaban J connectivity index is 3.87. The summed E-state index contributed by atoms with van der Waals surface area (Å²) < 4.78 is 60.1. The Labute approximate surface area is 100 Å². The highest BCUT2D eigenvalue weighted by Crippen LogP contribution is 2.35. The van der Waals surface area contributed by atoms with Gasteiger partial charge in [0, 0.05) is 6.54 Å². The summed E-state index contributed by atoms with van der Waals surface area (Å²) in [5.41, 5.74) is 0. The molecule has 0 saturated heterocycles. The molecule has 0 saturated carbocycles. The minimum absolute atomic E-state index is 0.168. The molecule has 0 rings (SSSR count). The van der Waals surface area contributed by atoms with Crippen molar-refractivity contribution < 1.29 is 26.7 Å². The molecule has 0 aliphatic heterocycles. The van der Waals surface area contributed by atoms with Gasteiger partial charge in [0.1, 0.15) is 0 Å². The van der Waals surface area contributed by atoms with E-state index in [1.54, 1.807) is 17.1 Å². The van der Waals surface area contributed by atoms with E-state index in [2.05, 4.69) is 0 Å². The number of carbonyl (C=O) groups excluding carboxylic acids is 1. The van der Waals surface area contributed by atoms with Gasteiger partial charge in [0.25, 0.3) is 5.91 Å². The van der Waals surface area contributed by atoms with Crippen LogP contribution in [0, 0.1) is 0 Å². The number of thioether (sulfide) groups is 1. The molecule has 1 amide bonds. The van der Waals surface area contributed by atoms with E-state index in [4.69, 9.17) is 0 Å². The monoisotopic (exact) mass is 279 g/mol. The minimum atomic E-state index is -5.84. The highest BCUT2D eigenvalue weighted by Gasteiger charge is 2.63. The highest BCUT2D eigenvalue weighted by atomic mass is 32.2. The summed E-state index contributed by atoms with van der Waals surface area (Å²) >= 11 is 1.62. The molecule has 2 nitrogen and oxygen atoms in total. The molecule has 0 radical (unpaired) electrons. The molecule has 0 aliphatic rings. The minimum Gasteiger partial charge on any atom is -0.351 e. The van der Waals surface area contributed by atoms with E-state index in [-0.39, 0.29) is 6.54 Å². The molecule has 17 heavy (non-hydrogen) atoms. The van der Waals surface area contributed by atoms with E-state index in [0.29, 0.717) is 12.8 Å². The van der Waals surface area contributed by atoms with Gasteiger partial charge in [-0.05, 0) is 24.9 Å². The van der Waals surface area contributed by atoms with Crippen molar-refractivity contribution in [3.63, 3.8) is 0 Å². The number of nitrogens with one attached hydrogen (secondary N) is 1. The molecule has 0 fully saturated rings. The Hall–Kier alpha value is -0.530. The van der Waals surface area contributed by atoms with Crippen LogP contribution >= 0.6 is 11.8 Å². The zero-order valence-corrected chi connectivity index (χ0v) is 10.1. The molecule has 0 aromatic heterocycles. The standard InChI is InChI=1S/C9H14F5NOS/c1-17-6-4-2-3-5-15-7(16)8(10,11)9(12,13)14/h2-6H2,1H3,(H,15,16). The lowest BCUT2D eigenvalue weighted by Gasteiger charge is -2.18. The first-order valence-corrected chi connectivity index (χ1v) is 6.34. The molecular formula is C9H14F5NOS. The van der Waals surface area contributed by atoms with Gasteiger partial charge in [-0.25, -0.2) is 0 Å². The smallest absolute Gasteiger partial charge is 0.351 e. The van der Waals surface area contributed by atoms with Gasteiger partial charge in [-0.1, -0.05) is 6.42 Å². The molecule has 0 aromatic carbocycles. The first-order valence-electron chi connectivity index (χ1n) is 4.95. The van der Waals surface area contributed by atoms with Crippen LogP contribution in [-0.4, -0.2) is 36.6 Å². The van der Waals surface area contributed by atoms with Gasteiger partial charge >= 0.3 is 12.1 Å². The topological polar surface area (TPSA) is 29.1 Å². The van der Waals surface area contributed by atoms with Gasteiger partial charge in [-0.15, -0.1) is 0 Å². The summed E-state index contributed by atoms with van der Waals surface area (Å²) in [4.78, 5) is 10.6. The van der Waals surface area contributed by atoms with E-state index in [9.17, 15) is 26.7 Å². The van der Waals surface area contributed by atoms with E-state index in [1.165, 1.54) is 0 Å². The van der Waals surface area contributed by atoms with Crippen LogP contribution in [0.5, 0.6) is 0 Å². The van der Waals surface area contributed by atoms with E-state index in [0.717, 1.165) is 12.2 Å². The number of alkyl halides is 5. The Morgan fingerprint density at radius 3 is 2.18 bits per heavy atom. The van der Waals surface area contributed by atoms with Crippen molar-refractivity contribution in [3.8, 4) is 0 Å². The van der Waals surface area contributed by atoms with Crippen molar-refractivity contribution in [2.24, 2.45) is 0 Å². The average Bonchev–Trinajstić information content (AvgIpc) is 2.21. The Bertz CT molecular complexity index is 244. The van der Waals surface area contributed by atoms with Crippen molar-refractivity contribution in [2.45, 2.75) is 31.4 Å². The average molecular weight is 279 g/mol. The van der Waals surface area contributed by atoms with Gasteiger partial charge < -0.3 is 5.32 Å². The lowest BCUT2D eigenvalue weighted by atomic mass is 10.2. The Morgan fingerprint density at radius 1 is 1.12 bits per heavy atom. The Kier molecular flexibility index (Phi) is 6.81. The number of hydrogen-bond acceptors (Lipinski definition) is 2. The van der Waals surface area contributed by atoms with Gasteiger partial charge in [0.15, 0.2) is 0 Å². The lowest BCUT2D eigenvalue weighted by Crippen LogP contribution is -2.50. The third-order valence-electron chi connectivity index (χ3n) is 1.95. The molecule has 8 heteroatoms. The molecule has 0 unspecified atom stereocenters. The zero-order chi connectivity index (χ0) is 13.5. The van der Waals surface area contributed by atoms with Gasteiger partial charge in [0.05, 0.1) is 0 Å². The summed E-state index contributed by atoms with van der Waals surface area (Å²) in [5, 5.41) is 1.59. The molecular weight excluding hydrogens is 265 g/mol. The lowest BCUT2D eigenvalue weighted by molar-refractivity contribution is -0.269. The van der Waals surface area contributed by atoms with Crippen LogP contribution in [0.3, 0.4) is 0 Å². The maximum absolute atomic E-state index is 12.4. The first-order chi connectivity index (χ1) is 7.73. The number of carbonyl (C=O) groups is 1. The van der Waals surface area contributed by atoms with Crippen molar-refractivity contribution in [1.29, 1.82) is 0 Å². The SMILES string of the molecule is CSCCCCCNC(=O)C(F)(F)C(F)(F)F. The van der Waals surface area contributed by atoms with Crippen LogP contribution < -0.4 is 5.32 Å². The number of unbranched alkanes of at least 4 members (excludes halogenated alkanes) is 2. The summed E-state index contributed by atoms with van der Waals surface area (Å²) in [6.45, 7) is -0.168. The van der Waals surface area contributed by atoms with Crippen LogP contribution in [0.4, 0.5) is 22.0 Å². The van der Waals surface area contributed by atoms with Crippen LogP contribution in [0.15, 0.2) is 0 Å². The zero-order valence-electron chi connectivity index (χ0n) is 9.24. The second kappa shape index (κ2) is 7.03. The molecule has 0 aromatic rings. The van der Waals surface area contributed by atoms with E-state index >= 15 is 0 Å². The second-order valence-electron chi connectivity index (χ2n) is 3.38. The summed E-state index contributed by atoms with van der Waals surface area (Å²) in [7, 11) is 0. The Morgan fingerprint density at radius 2 is 1.71 bits per heavy atom. The van der Waals surface area contributed by atoms with Gasteiger partial charge in [-0.2, -0.15) is 33.7 Å². The maximum Gasteiger partial charge on any atom is 0.463 e. The van der Waals surface area contributed by atoms with Crippen LogP contribution in [0.2, 0.25) is 0 Å². The third-order valence-corrected chi connectivity index (χ3v) is 2.65. The summed E-state index contributed by atoms with van der Waals surface area (Å²) in [5.74, 6) is -6.70. The molecule has 0 heterocycles. The molecule has 0 atom stereocenters. The van der Waals surface area contributed by atoms with Crippen LogP contribution in [0.1, 0.15) is 19.3 Å². The van der Waals surface area contributed by atoms with Crippen molar-refractivity contribution >= 4 is 17.7 Å². The number of halogens is 5. The van der Waals surface area contributed by atoms with Crippen molar-refractivity contribution in [3.05, 3.63) is 0 Å². The predicted octanol–water partition coefficient (Wildman–Crippen LogP) is 2.83. The van der Waals surface area contributed by atoms with Crippen molar-refractivity contribution in [2.75, 3.05) is 18.6 Å².